The van der Waals surface area contributed by atoms with Crippen LogP contribution in [0.5, 0.6) is 23.0 Å². The van der Waals surface area contributed by atoms with Gasteiger partial charge in [0.25, 0.3) is 5.78 Å². The summed E-state index contributed by atoms with van der Waals surface area (Å²) in [5.41, 5.74) is 2.72. The number of nitrogens with one attached hydrogen (secondary N) is 1. The Morgan fingerprint density at radius 3 is 2.54 bits per heavy atom. The van der Waals surface area contributed by atoms with Crippen LogP contribution in [0, 0.1) is 6.92 Å². The molecule has 0 saturated carbocycles. The van der Waals surface area contributed by atoms with Gasteiger partial charge in [0, 0.05) is 6.07 Å². The van der Waals surface area contributed by atoms with E-state index in [-0.39, 0.29) is 40.9 Å². The summed E-state index contributed by atoms with van der Waals surface area (Å²) in [5, 5.41) is 21.8. The number of Topliss-reactive ketones (excluding diaryl/α,β-unsaturated/α-hetero) is 1. The summed E-state index contributed by atoms with van der Waals surface area (Å²) < 4.78 is 16.3. The molecule has 10 nitrogen and oxygen atoms in total. The number of carbonyl (C=O) groups is 2. The number of aryl methyl sites for hydroxylation is 1. The molecule has 4 aromatic rings. The van der Waals surface area contributed by atoms with E-state index >= 15 is 0 Å². The number of amides is 1. The maximum absolute atomic E-state index is 13.6. The van der Waals surface area contributed by atoms with Crippen LogP contribution < -0.4 is 19.1 Å². The van der Waals surface area contributed by atoms with Crippen LogP contribution in [0.2, 0.25) is 0 Å². The number of ether oxygens (including phenoxy) is 3. The molecule has 1 unspecified atom stereocenters. The topological polar surface area (TPSA) is 134 Å². The van der Waals surface area contributed by atoms with Gasteiger partial charge < -0.3 is 29.4 Å². The van der Waals surface area contributed by atoms with E-state index in [9.17, 15) is 19.8 Å². The molecule has 1 fully saturated rings. The number of anilines is 1. The maximum Gasteiger partial charge on any atom is 0.302 e. The van der Waals surface area contributed by atoms with Crippen molar-refractivity contribution < 1.29 is 34.0 Å². The number of carbonyl (C=O) groups excluding carboxylic acids is 2. The highest BCUT2D eigenvalue weighted by atomic mass is 16.5. The Morgan fingerprint density at radius 2 is 1.82 bits per heavy atom. The lowest BCUT2D eigenvalue weighted by Gasteiger charge is -2.24. The monoisotopic (exact) mass is 529 g/mol. The summed E-state index contributed by atoms with van der Waals surface area (Å²) in [7, 11) is 2.92. The minimum Gasteiger partial charge on any atom is -0.507 e. The lowest BCUT2D eigenvalue weighted by molar-refractivity contribution is -0.132. The molecule has 0 radical (unpaired) electrons. The van der Waals surface area contributed by atoms with Crippen molar-refractivity contribution in [1.82, 2.24) is 9.97 Å². The van der Waals surface area contributed by atoms with Gasteiger partial charge in [-0.3, -0.25) is 14.5 Å². The third kappa shape index (κ3) is 4.39. The number of ketones is 1. The third-order valence-corrected chi connectivity index (χ3v) is 6.56. The molecule has 1 atom stereocenters. The minimum atomic E-state index is -1.10. The van der Waals surface area contributed by atoms with E-state index in [0.29, 0.717) is 22.3 Å². The number of aliphatic hydroxyl groups excluding tert-OH is 1. The molecule has 39 heavy (non-hydrogen) atoms. The van der Waals surface area contributed by atoms with Crippen molar-refractivity contribution in [3.8, 4) is 23.0 Å². The molecule has 3 N–H and O–H groups in total. The predicted molar refractivity (Wildman–Crippen MR) is 144 cm³/mol. The van der Waals surface area contributed by atoms with Crippen molar-refractivity contribution in [2.45, 2.75) is 19.9 Å². The predicted octanol–water partition coefficient (Wildman–Crippen LogP) is 4.62. The normalized spacial score (nSPS) is 16.6. The number of benzene rings is 3. The standard InChI is InChI=1S/C29H27N3O7/c1-5-39-23-13-16(7-11-21(23)33)25-24(26(34)18-9-8-17(37-3)14-22(18)38-4)27(35)28(36)32(25)29-30-19-10-6-15(2)12-20(19)31-29/h6-14,25,33-34H,5H2,1-4H3,(H,30,31)/b26-24+. The molecule has 3 aromatic carbocycles. The Balaban J connectivity index is 1.76. The number of nitrogens with zero attached hydrogens (tertiary/aromatic N) is 2. The Morgan fingerprint density at radius 1 is 1.03 bits per heavy atom. The molecule has 2 heterocycles. The number of rotatable bonds is 7. The number of fused-ring (bicyclic) bond motifs is 1. The second-order valence-electron chi connectivity index (χ2n) is 8.98. The SMILES string of the molecule is CCOc1cc(C2/C(=C(\O)c3ccc(OC)cc3OC)C(=O)C(=O)N2c2nc3ccc(C)cc3[nH]2)ccc1O. The van der Waals surface area contributed by atoms with E-state index in [1.165, 1.54) is 31.3 Å². The first kappa shape index (κ1) is 25.7. The molecule has 1 saturated heterocycles. The molecular weight excluding hydrogens is 502 g/mol. The Hall–Kier alpha value is -4.99. The van der Waals surface area contributed by atoms with Gasteiger partial charge in [-0.1, -0.05) is 12.1 Å². The average molecular weight is 530 g/mol. The average Bonchev–Trinajstić information content (AvgIpc) is 3.46. The smallest absolute Gasteiger partial charge is 0.302 e. The molecule has 0 spiro atoms. The molecule has 0 aliphatic carbocycles. The van der Waals surface area contributed by atoms with Crippen molar-refractivity contribution in [1.29, 1.82) is 0 Å². The molecule has 0 bridgehead atoms. The van der Waals surface area contributed by atoms with Crippen LogP contribution in [0.25, 0.3) is 16.8 Å². The van der Waals surface area contributed by atoms with Crippen LogP contribution in [0.1, 0.15) is 29.7 Å². The Labute approximate surface area is 224 Å². The largest absolute Gasteiger partial charge is 0.507 e. The van der Waals surface area contributed by atoms with E-state index in [1.807, 2.05) is 25.1 Å². The summed E-state index contributed by atoms with van der Waals surface area (Å²) in [6.07, 6.45) is 0. The van der Waals surface area contributed by atoms with E-state index in [0.717, 1.165) is 5.56 Å². The van der Waals surface area contributed by atoms with Crippen LogP contribution in [0.15, 0.2) is 60.2 Å². The van der Waals surface area contributed by atoms with Gasteiger partial charge in [-0.05, 0) is 61.4 Å². The number of methoxy groups -OCH3 is 2. The number of aliphatic hydroxyl groups is 1. The van der Waals surface area contributed by atoms with Crippen molar-refractivity contribution in [3.63, 3.8) is 0 Å². The van der Waals surface area contributed by atoms with Crippen molar-refractivity contribution in [2.24, 2.45) is 0 Å². The second-order valence-corrected chi connectivity index (χ2v) is 8.98. The molecule has 200 valence electrons. The molecular formula is C29H27N3O7. The van der Waals surface area contributed by atoms with Crippen molar-refractivity contribution >= 4 is 34.4 Å². The minimum absolute atomic E-state index is 0.103. The van der Waals surface area contributed by atoms with Gasteiger partial charge in [-0.2, -0.15) is 0 Å². The molecule has 5 rings (SSSR count). The van der Waals surface area contributed by atoms with Gasteiger partial charge in [-0.15, -0.1) is 0 Å². The van der Waals surface area contributed by atoms with Crippen LogP contribution in [-0.2, 0) is 9.59 Å². The van der Waals surface area contributed by atoms with Gasteiger partial charge in [-0.25, -0.2) is 4.98 Å². The van der Waals surface area contributed by atoms with Crippen LogP contribution >= 0.6 is 0 Å². The first-order valence-electron chi connectivity index (χ1n) is 12.2. The van der Waals surface area contributed by atoms with Crippen LogP contribution in [0.4, 0.5) is 5.95 Å². The quantitative estimate of drug-likeness (QED) is 0.179. The highest BCUT2D eigenvalue weighted by Crippen LogP contribution is 2.45. The lowest BCUT2D eigenvalue weighted by atomic mass is 9.94. The molecule has 1 aliphatic heterocycles. The number of hydrogen-bond donors (Lipinski definition) is 3. The molecule has 1 aromatic heterocycles. The first-order chi connectivity index (χ1) is 18.8. The number of aromatic amines is 1. The summed E-state index contributed by atoms with van der Waals surface area (Å²) in [4.78, 5) is 36.0. The Kier molecular flexibility index (Phi) is 6.61. The zero-order valence-electron chi connectivity index (χ0n) is 21.8. The highest BCUT2D eigenvalue weighted by Gasteiger charge is 2.48. The fourth-order valence-corrected chi connectivity index (χ4v) is 4.70. The van der Waals surface area contributed by atoms with E-state index in [4.69, 9.17) is 14.2 Å². The summed E-state index contributed by atoms with van der Waals surface area (Å²) in [6.45, 7) is 3.98. The Bertz CT molecular complexity index is 1640. The summed E-state index contributed by atoms with van der Waals surface area (Å²) >= 11 is 0. The van der Waals surface area contributed by atoms with Gasteiger partial charge >= 0.3 is 5.91 Å². The van der Waals surface area contributed by atoms with Crippen molar-refractivity contribution in [2.75, 3.05) is 25.7 Å². The second kappa shape index (κ2) is 10.1. The summed E-state index contributed by atoms with van der Waals surface area (Å²) in [5.74, 6) is -1.28. The van der Waals surface area contributed by atoms with E-state index < -0.39 is 23.5 Å². The van der Waals surface area contributed by atoms with Gasteiger partial charge in [0.2, 0.25) is 5.95 Å². The fourth-order valence-electron chi connectivity index (χ4n) is 4.70. The number of aromatic nitrogens is 2. The molecule has 1 amide bonds. The van der Waals surface area contributed by atoms with Crippen LogP contribution in [0.3, 0.4) is 0 Å². The number of imidazole rings is 1. The van der Waals surface area contributed by atoms with E-state index in [2.05, 4.69) is 9.97 Å². The van der Waals surface area contributed by atoms with Crippen molar-refractivity contribution in [3.05, 3.63) is 76.9 Å². The van der Waals surface area contributed by atoms with Crippen LogP contribution in [-0.4, -0.2) is 52.7 Å². The molecule has 10 heteroatoms. The summed E-state index contributed by atoms with van der Waals surface area (Å²) in [6, 6.07) is 13.7. The number of H-pyrrole nitrogens is 1. The highest BCUT2D eigenvalue weighted by molar-refractivity contribution is 6.51. The fraction of sp³-hybridized carbons (Fsp3) is 0.207. The van der Waals surface area contributed by atoms with Gasteiger partial charge in [0.15, 0.2) is 11.5 Å². The maximum atomic E-state index is 13.6. The number of aromatic hydroxyl groups is 1. The number of phenols is 1. The molecule has 1 aliphatic rings. The first-order valence-corrected chi connectivity index (χ1v) is 12.2. The number of hydrogen-bond acceptors (Lipinski definition) is 8. The van der Waals surface area contributed by atoms with Gasteiger partial charge in [0.05, 0.1) is 49.0 Å². The zero-order valence-corrected chi connectivity index (χ0v) is 21.8. The lowest BCUT2D eigenvalue weighted by Crippen LogP contribution is -2.30. The zero-order chi connectivity index (χ0) is 27.8. The van der Waals surface area contributed by atoms with Gasteiger partial charge in [0.1, 0.15) is 17.3 Å². The number of phenolic OH excluding ortho intramolecular Hbond substituents is 1. The van der Waals surface area contributed by atoms with E-state index in [1.54, 1.807) is 31.2 Å². The third-order valence-electron chi connectivity index (χ3n) is 6.56.